The van der Waals surface area contributed by atoms with E-state index < -0.39 is 0 Å². The van der Waals surface area contributed by atoms with Crippen LogP contribution in [0, 0.1) is 6.92 Å². The van der Waals surface area contributed by atoms with Crippen molar-refractivity contribution in [2.24, 2.45) is 0 Å². The van der Waals surface area contributed by atoms with Gasteiger partial charge in [-0.3, -0.25) is 4.79 Å². The highest BCUT2D eigenvalue weighted by molar-refractivity contribution is 7.09. The Balaban J connectivity index is 1.77. The Morgan fingerprint density at radius 2 is 2.29 bits per heavy atom. The lowest BCUT2D eigenvalue weighted by Gasteiger charge is -2.32. The molecule has 5 nitrogen and oxygen atoms in total. The molecule has 0 unspecified atom stereocenters. The summed E-state index contributed by atoms with van der Waals surface area (Å²) in [4.78, 5) is 23.9. The van der Waals surface area contributed by atoms with Gasteiger partial charge in [0.25, 0.3) is 5.91 Å². The molecule has 1 aliphatic heterocycles. The molecule has 24 heavy (non-hydrogen) atoms. The summed E-state index contributed by atoms with van der Waals surface area (Å²) in [5.74, 6) is 1.08. The summed E-state index contributed by atoms with van der Waals surface area (Å²) in [6.45, 7) is 7.65. The van der Waals surface area contributed by atoms with E-state index in [1.165, 1.54) is 0 Å². The predicted octanol–water partition coefficient (Wildman–Crippen LogP) is 3.69. The average Bonchev–Trinajstić information content (AvgIpc) is 3.01. The number of carbonyl (C=O) groups is 1. The SMILES string of the molecule is Cc1csc([C@@H]2CCCN(C(=O)c3cccnc3NC(C)C)C2)n1. The number of aromatic nitrogens is 2. The van der Waals surface area contributed by atoms with Gasteiger partial charge < -0.3 is 10.2 Å². The molecule has 1 N–H and O–H groups in total. The molecule has 0 aliphatic carbocycles. The summed E-state index contributed by atoms with van der Waals surface area (Å²) in [6.07, 6.45) is 3.84. The molecule has 3 rings (SSSR count). The van der Waals surface area contributed by atoms with E-state index in [1.54, 1.807) is 17.5 Å². The number of aryl methyl sites for hydroxylation is 1. The Bertz CT molecular complexity index is 713. The van der Waals surface area contributed by atoms with Crippen LogP contribution in [0.4, 0.5) is 5.82 Å². The number of hydrogen-bond donors (Lipinski definition) is 1. The lowest BCUT2D eigenvalue weighted by atomic mass is 9.98. The van der Waals surface area contributed by atoms with Gasteiger partial charge in [0.1, 0.15) is 5.82 Å². The Morgan fingerprint density at radius 3 is 3.00 bits per heavy atom. The van der Waals surface area contributed by atoms with E-state index in [1.807, 2.05) is 37.8 Å². The van der Waals surface area contributed by atoms with E-state index in [0.717, 1.165) is 36.6 Å². The fourth-order valence-electron chi connectivity index (χ4n) is 3.06. The number of likely N-dealkylation sites (tertiary alicyclic amines) is 1. The van der Waals surface area contributed by atoms with Gasteiger partial charge in [0.15, 0.2) is 0 Å². The summed E-state index contributed by atoms with van der Waals surface area (Å²) in [5, 5.41) is 6.51. The molecular formula is C18H24N4OS. The first-order valence-electron chi connectivity index (χ1n) is 8.47. The third-order valence-corrected chi connectivity index (χ3v) is 5.28. The second kappa shape index (κ2) is 7.30. The van der Waals surface area contributed by atoms with Gasteiger partial charge in [-0.1, -0.05) is 0 Å². The maximum absolute atomic E-state index is 13.0. The predicted molar refractivity (Wildman–Crippen MR) is 97.7 cm³/mol. The van der Waals surface area contributed by atoms with Crippen LogP contribution in [0.1, 0.15) is 53.7 Å². The zero-order valence-corrected chi connectivity index (χ0v) is 15.3. The van der Waals surface area contributed by atoms with Crippen molar-refractivity contribution in [1.29, 1.82) is 0 Å². The fourth-order valence-corrected chi connectivity index (χ4v) is 3.99. The van der Waals surface area contributed by atoms with Crippen LogP contribution in [0.15, 0.2) is 23.7 Å². The largest absolute Gasteiger partial charge is 0.367 e. The van der Waals surface area contributed by atoms with Crippen molar-refractivity contribution in [2.75, 3.05) is 18.4 Å². The molecule has 0 bridgehead atoms. The Morgan fingerprint density at radius 1 is 1.46 bits per heavy atom. The van der Waals surface area contributed by atoms with E-state index in [2.05, 4.69) is 20.7 Å². The van der Waals surface area contributed by atoms with E-state index in [4.69, 9.17) is 0 Å². The summed E-state index contributed by atoms with van der Waals surface area (Å²) < 4.78 is 0. The maximum Gasteiger partial charge on any atom is 0.257 e. The van der Waals surface area contributed by atoms with Crippen LogP contribution in [0.25, 0.3) is 0 Å². The molecule has 6 heteroatoms. The van der Waals surface area contributed by atoms with Gasteiger partial charge >= 0.3 is 0 Å². The molecule has 0 radical (unpaired) electrons. The van der Waals surface area contributed by atoms with Gasteiger partial charge in [0, 0.05) is 42.3 Å². The topological polar surface area (TPSA) is 58.1 Å². The van der Waals surface area contributed by atoms with Gasteiger partial charge in [0.05, 0.1) is 10.6 Å². The minimum Gasteiger partial charge on any atom is -0.367 e. The molecular weight excluding hydrogens is 320 g/mol. The van der Waals surface area contributed by atoms with Crippen molar-refractivity contribution < 1.29 is 4.79 Å². The molecule has 0 spiro atoms. The minimum absolute atomic E-state index is 0.0595. The molecule has 1 aliphatic rings. The number of anilines is 1. The van der Waals surface area contributed by atoms with Crippen molar-refractivity contribution in [2.45, 2.75) is 45.6 Å². The van der Waals surface area contributed by atoms with Crippen LogP contribution in [0.3, 0.4) is 0 Å². The first kappa shape index (κ1) is 16.9. The first-order valence-corrected chi connectivity index (χ1v) is 9.35. The van der Waals surface area contributed by atoms with Gasteiger partial charge in [-0.2, -0.15) is 0 Å². The van der Waals surface area contributed by atoms with Crippen molar-refractivity contribution in [3.8, 4) is 0 Å². The van der Waals surface area contributed by atoms with Crippen molar-refractivity contribution in [3.63, 3.8) is 0 Å². The fraction of sp³-hybridized carbons (Fsp3) is 0.500. The standard InChI is InChI=1S/C18H24N4OS/c1-12(2)20-16-15(7-4-8-19-16)18(23)22-9-5-6-14(10-22)17-21-13(3)11-24-17/h4,7-8,11-12,14H,5-6,9-10H2,1-3H3,(H,19,20)/t14-/m1/s1. The summed E-state index contributed by atoms with van der Waals surface area (Å²) in [5.41, 5.74) is 1.72. The van der Waals surface area contributed by atoms with Crippen molar-refractivity contribution in [1.82, 2.24) is 14.9 Å². The van der Waals surface area contributed by atoms with E-state index in [9.17, 15) is 4.79 Å². The first-order chi connectivity index (χ1) is 11.5. The van der Waals surface area contributed by atoms with Crippen LogP contribution >= 0.6 is 11.3 Å². The molecule has 2 aromatic heterocycles. The highest BCUT2D eigenvalue weighted by Crippen LogP contribution is 2.30. The van der Waals surface area contributed by atoms with Crippen molar-refractivity contribution in [3.05, 3.63) is 40.0 Å². The highest BCUT2D eigenvalue weighted by atomic mass is 32.1. The normalized spacial score (nSPS) is 18.0. The minimum atomic E-state index is 0.0595. The second-order valence-corrected chi connectivity index (χ2v) is 7.51. The number of nitrogens with one attached hydrogen (secondary N) is 1. The number of carbonyl (C=O) groups excluding carboxylic acids is 1. The molecule has 1 amide bonds. The van der Waals surface area contributed by atoms with Gasteiger partial charge in [-0.15, -0.1) is 11.3 Å². The van der Waals surface area contributed by atoms with Crippen LogP contribution in [-0.4, -0.2) is 39.9 Å². The summed E-state index contributed by atoms with van der Waals surface area (Å²) >= 11 is 1.70. The average molecular weight is 344 g/mol. The van der Waals surface area contributed by atoms with Crippen LogP contribution in [-0.2, 0) is 0 Å². The number of pyridine rings is 1. The molecule has 1 fully saturated rings. The lowest BCUT2D eigenvalue weighted by Crippen LogP contribution is -2.39. The zero-order chi connectivity index (χ0) is 17.1. The molecule has 128 valence electrons. The van der Waals surface area contributed by atoms with E-state index >= 15 is 0 Å². The summed E-state index contributed by atoms with van der Waals surface area (Å²) in [6, 6.07) is 3.92. The Labute approximate surface area is 147 Å². The Hall–Kier alpha value is -1.95. The quantitative estimate of drug-likeness (QED) is 0.919. The third kappa shape index (κ3) is 3.75. The van der Waals surface area contributed by atoms with Crippen LogP contribution < -0.4 is 5.32 Å². The highest BCUT2D eigenvalue weighted by Gasteiger charge is 2.28. The molecule has 1 saturated heterocycles. The summed E-state index contributed by atoms with van der Waals surface area (Å²) in [7, 11) is 0. The number of thiazole rings is 1. The number of nitrogens with zero attached hydrogens (tertiary/aromatic N) is 3. The van der Waals surface area contributed by atoms with Gasteiger partial charge in [0.2, 0.25) is 0 Å². The molecule has 1 atom stereocenters. The molecule has 0 saturated carbocycles. The maximum atomic E-state index is 13.0. The zero-order valence-electron chi connectivity index (χ0n) is 14.5. The lowest BCUT2D eigenvalue weighted by molar-refractivity contribution is 0.0707. The smallest absolute Gasteiger partial charge is 0.257 e. The number of rotatable bonds is 4. The number of piperidine rings is 1. The van der Waals surface area contributed by atoms with Gasteiger partial charge in [-0.25, -0.2) is 9.97 Å². The molecule has 2 aromatic rings. The van der Waals surface area contributed by atoms with Crippen molar-refractivity contribution >= 4 is 23.1 Å². The third-order valence-electron chi connectivity index (χ3n) is 4.16. The van der Waals surface area contributed by atoms with E-state index in [0.29, 0.717) is 17.3 Å². The molecule has 0 aromatic carbocycles. The number of amides is 1. The van der Waals surface area contributed by atoms with E-state index in [-0.39, 0.29) is 11.9 Å². The Kier molecular flexibility index (Phi) is 5.14. The van der Waals surface area contributed by atoms with Crippen LogP contribution in [0.5, 0.6) is 0 Å². The monoisotopic (exact) mass is 344 g/mol. The number of hydrogen-bond acceptors (Lipinski definition) is 5. The molecule has 3 heterocycles. The second-order valence-electron chi connectivity index (χ2n) is 6.62. The van der Waals surface area contributed by atoms with Gasteiger partial charge in [-0.05, 0) is 45.7 Å². The van der Waals surface area contributed by atoms with Crippen LogP contribution in [0.2, 0.25) is 0 Å².